The molecule has 0 aromatic carbocycles. The smallest absolute Gasteiger partial charge is 0.0133 e. The van der Waals surface area contributed by atoms with E-state index in [1.807, 2.05) is 0 Å². The average Bonchev–Trinajstić information content (AvgIpc) is 2.66. The van der Waals surface area contributed by atoms with Crippen molar-refractivity contribution in [3.05, 3.63) is 12.2 Å². The van der Waals surface area contributed by atoms with Crippen LogP contribution in [-0.4, -0.2) is 36.2 Å². The summed E-state index contributed by atoms with van der Waals surface area (Å²) in [5.74, 6) is 0. The van der Waals surface area contributed by atoms with Crippen LogP contribution in [0.25, 0.3) is 0 Å². The summed E-state index contributed by atoms with van der Waals surface area (Å²) in [5, 5.41) is 4.99. The highest BCUT2D eigenvalue weighted by atomic mass is 15.6. The van der Waals surface area contributed by atoms with Crippen molar-refractivity contribution >= 4 is 0 Å². The lowest BCUT2D eigenvalue weighted by atomic mass is 10.1. The van der Waals surface area contributed by atoms with E-state index in [0.29, 0.717) is 0 Å². The molecule has 2 heteroatoms. The van der Waals surface area contributed by atoms with Gasteiger partial charge in [0, 0.05) is 26.2 Å². The van der Waals surface area contributed by atoms with Gasteiger partial charge in [0.25, 0.3) is 0 Å². The van der Waals surface area contributed by atoms with Gasteiger partial charge in [0.1, 0.15) is 0 Å². The van der Waals surface area contributed by atoms with Crippen molar-refractivity contribution in [3.63, 3.8) is 0 Å². The Morgan fingerprint density at radius 3 is 1.35 bits per heavy atom. The van der Waals surface area contributed by atoms with E-state index < -0.39 is 0 Å². The second-order valence-corrected chi connectivity index (χ2v) is 7.62. The molecule has 2 nitrogen and oxygen atoms in total. The number of rotatable bonds is 20. The van der Waals surface area contributed by atoms with Crippen LogP contribution >= 0.6 is 0 Å². The van der Waals surface area contributed by atoms with Crippen molar-refractivity contribution in [2.45, 2.75) is 118 Å². The van der Waals surface area contributed by atoms with Gasteiger partial charge >= 0.3 is 0 Å². The number of allylic oxidation sites excluding steroid dienone is 2. The van der Waals surface area contributed by atoms with E-state index >= 15 is 0 Å². The molecule has 156 valence electrons. The quantitative estimate of drug-likeness (QED) is 0.124. The zero-order valence-electron chi connectivity index (χ0n) is 18.8. The van der Waals surface area contributed by atoms with Crippen molar-refractivity contribution in [2.75, 3.05) is 26.2 Å². The SMILES string of the molecule is CCCCCCCC/C=C\CCCCCCCCN(CC)N(CC)CC. The molecule has 0 aliphatic heterocycles. The van der Waals surface area contributed by atoms with Crippen LogP contribution in [-0.2, 0) is 0 Å². The molecule has 0 saturated carbocycles. The van der Waals surface area contributed by atoms with E-state index in [1.54, 1.807) is 0 Å². The molecule has 0 spiro atoms. The molecule has 0 fully saturated rings. The predicted molar refractivity (Wildman–Crippen MR) is 120 cm³/mol. The topological polar surface area (TPSA) is 6.48 Å². The van der Waals surface area contributed by atoms with Gasteiger partial charge in [0.05, 0.1) is 0 Å². The molecule has 0 heterocycles. The van der Waals surface area contributed by atoms with Gasteiger partial charge in [-0.2, -0.15) is 0 Å². The molecule has 0 aromatic rings. The van der Waals surface area contributed by atoms with Gasteiger partial charge in [-0.05, 0) is 32.1 Å². The first kappa shape index (κ1) is 25.7. The van der Waals surface area contributed by atoms with Crippen molar-refractivity contribution < 1.29 is 0 Å². The Labute approximate surface area is 166 Å². The Morgan fingerprint density at radius 2 is 0.885 bits per heavy atom. The lowest BCUT2D eigenvalue weighted by molar-refractivity contribution is -0.0129. The van der Waals surface area contributed by atoms with Crippen LogP contribution in [0.2, 0.25) is 0 Å². The molecule has 0 aliphatic rings. The molecule has 26 heavy (non-hydrogen) atoms. The van der Waals surface area contributed by atoms with Gasteiger partial charge in [-0.1, -0.05) is 97.6 Å². The maximum absolute atomic E-state index is 2.52. The van der Waals surface area contributed by atoms with Gasteiger partial charge in [0.2, 0.25) is 0 Å². The van der Waals surface area contributed by atoms with E-state index in [-0.39, 0.29) is 0 Å². The van der Waals surface area contributed by atoms with E-state index in [2.05, 4.69) is 49.9 Å². The minimum absolute atomic E-state index is 1.14. The second-order valence-electron chi connectivity index (χ2n) is 7.62. The fourth-order valence-corrected chi connectivity index (χ4v) is 3.66. The fourth-order valence-electron chi connectivity index (χ4n) is 3.66. The minimum Gasteiger partial charge on any atom is -0.242 e. The molecule has 0 saturated heterocycles. The van der Waals surface area contributed by atoms with Crippen LogP contribution in [0.5, 0.6) is 0 Å². The third kappa shape index (κ3) is 15.9. The number of nitrogens with zero attached hydrogens (tertiary/aromatic N) is 2. The molecule has 0 amide bonds. The Morgan fingerprint density at radius 1 is 0.462 bits per heavy atom. The van der Waals surface area contributed by atoms with E-state index in [4.69, 9.17) is 0 Å². The van der Waals surface area contributed by atoms with Crippen LogP contribution in [0.15, 0.2) is 12.2 Å². The van der Waals surface area contributed by atoms with Gasteiger partial charge in [-0.3, -0.25) is 0 Å². The maximum atomic E-state index is 2.52. The van der Waals surface area contributed by atoms with Gasteiger partial charge < -0.3 is 0 Å². The van der Waals surface area contributed by atoms with E-state index in [1.165, 1.54) is 96.4 Å². The Bertz CT molecular complexity index is 284. The zero-order valence-corrected chi connectivity index (χ0v) is 18.8. The van der Waals surface area contributed by atoms with Crippen molar-refractivity contribution in [3.8, 4) is 0 Å². The van der Waals surface area contributed by atoms with Gasteiger partial charge in [-0.25, -0.2) is 10.0 Å². The number of hydrogen-bond acceptors (Lipinski definition) is 2. The van der Waals surface area contributed by atoms with Crippen LogP contribution in [0.4, 0.5) is 0 Å². The Kier molecular flexibility index (Phi) is 20.7. The highest BCUT2D eigenvalue weighted by Crippen LogP contribution is 2.10. The third-order valence-electron chi connectivity index (χ3n) is 5.42. The van der Waals surface area contributed by atoms with Crippen LogP contribution < -0.4 is 0 Å². The summed E-state index contributed by atoms with van der Waals surface area (Å²) < 4.78 is 0. The maximum Gasteiger partial charge on any atom is 0.0133 e. The van der Waals surface area contributed by atoms with Gasteiger partial charge in [-0.15, -0.1) is 0 Å². The minimum atomic E-state index is 1.14. The normalized spacial score (nSPS) is 12.1. The Balaban J connectivity index is 3.34. The lowest BCUT2D eigenvalue weighted by Crippen LogP contribution is -2.42. The first-order chi connectivity index (χ1) is 12.8. The highest BCUT2D eigenvalue weighted by Gasteiger charge is 2.08. The molecule has 0 aliphatic carbocycles. The second kappa shape index (κ2) is 21.0. The molecule has 0 N–H and O–H groups in total. The standard InChI is InChI=1S/C24H50N2/c1-5-9-10-11-12-13-14-15-16-17-18-19-20-21-22-23-24-26(8-4)25(6-2)7-3/h15-16H,5-14,17-24H2,1-4H3/b16-15-. The van der Waals surface area contributed by atoms with Crippen molar-refractivity contribution in [2.24, 2.45) is 0 Å². The molecule has 0 bridgehead atoms. The van der Waals surface area contributed by atoms with E-state index in [0.717, 1.165) is 19.6 Å². The molecule has 0 unspecified atom stereocenters. The summed E-state index contributed by atoms with van der Waals surface area (Å²) >= 11 is 0. The van der Waals surface area contributed by atoms with E-state index in [9.17, 15) is 0 Å². The molecule has 0 radical (unpaired) electrons. The summed E-state index contributed by atoms with van der Waals surface area (Å²) in [6, 6.07) is 0. The first-order valence-electron chi connectivity index (χ1n) is 11.9. The lowest BCUT2D eigenvalue weighted by Gasteiger charge is -2.32. The van der Waals surface area contributed by atoms with Crippen molar-refractivity contribution in [1.29, 1.82) is 0 Å². The molecular weight excluding hydrogens is 316 g/mol. The van der Waals surface area contributed by atoms with Crippen LogP contribution in [0, 0.1) is 0 Å². The summed E-state index contributed by atoms with van der Waals surface area (Å²) in [6.07, 6.45) is 24.3. The van der Waals surface area contributed by atoms with Crippen molar-refractivity contribution in [1.82, 2.24) is 10.0 Å². The number of hydrazine groups is 1. The highest BCUT2D eigenvalue weighted by molar-refractivity contribution is 4.81. The van der Waals surface area contributed by atoms with Crippen LogP contribution in [0.3, 0.4) is 0 Å². The third-order valence-corrected chi connectivity index (χ3v) is 5.42. The summed E-state index contributed by atoms with van der Waals surface area (Å²) in [6.45, 7) is 13.7. The van der Waals surface area contributed by atoms with Gasteiger partial charge in [0.15, 0.2) is 0 Å². The monoisotopic (exact) mass is 366 g/mol. The summed E-state index contributed by atoms with van der Waals surface area (Å²) in [7, 11) is 0. The summed E-state index contributed by atoms with van der Waals surface area (Å²) in [4.78, 5) is 0. The molecule has 0 rings (SSSR count). The predicted octanol–water partition coefficient (Wildman–Crippen LogP) is 7.60. The fraction of sp³-hybridized carbons (Fsp3) is 0.917. The molecule has 0 aromatic heterocycles. The largest absolute Gasteiger partial charge is 0.242 e. The average molecular weight is 367 g/mol. The number of unbranched alkanes of at least 4 members (excludes halogenated alkanes) is 12. The van der Waals surface area contributed by atoms with Crippen LogP contribution in [0.1, 0.15) is 118 Å². The Hall–Kier alpha value is -0.340. The summed E-state index contributed by atoms with van der Waals surface area (Å²) in [5.41, 5.74) is 0. The number of hydrogen-bond donors (Lipinski definition) is 0. The molecule has 0 atom stereocenters. The molecular formula is C24H50N2. The zero-order chi connectivity index (χ0) is 19.3. The first-order valence-corrected chi connectivity index (χ1v) is 11.9.